The maximum Gasteiger partial charge on any atom is 0.134 e. The summed E-state index contributed by atoms with van der Waals surface area (Å²) in [6.45, 7) is 3.15. The van der Waals surface area contributed by atoms with Crippen LogP contribution in [-0.4, -0.2) is 17.8 Å². The van der Waals surface area contributed by atoms with Gasteiger partial charge >= 0.3 is 0 Å². The first-order valence-electron chi connectivity index (χ1n) is 7.62. The number of rotatable bonds is 4. The molecule has 1 aliphatic carbocycles. The van der Waals surface area contributed by atoms with E-state index in [0.717, 1.165) is 49.0 Å². The molecule has 1 saturated carbocycles. The van der Waals surface area contributed by atoms with Crippen molar-refractivity contribution in [3.63, 3.8) is 0 Å². The van der Waals surface area contributed by atoms with Gasteiger partial charge in [-0.25, -0.2) is 0 Å². The average molecular weight is 273 g/mol. The average Bonchev–Trinajstić information content (AvgIpc) is 2.90. The molecule has 0 spiro atoms. The van der Waals surface area contributed by atoms with E-state index in [0.29, 0.717) is 5.92 Å². The summed E-state index contributed by atoms with van der Waals surface area (Å²) in [5, 5.41) is 14.3. The van der Waals surface area contributed by atoms with Crippen LogP contribution in [0.3, 0.4) is 0 Å². The molecule has 2 N–H and O–H groups in total. The molecule has 2 aromatic rings. The lowest BCUT2D eigenvalue weighted by molar-refractivity contribution is 0.107. The molecule has 1 unspecified atom stereocenters. The Morgan fingerprint density at radius 3 is 2.75 bits per heavy atom. The van der Waals surface area contributed by atoms with Crippen molar-refractivity contribution in [2.75, 3.05) is 6.54 Å². The van der Waals surface area contributed by atoms with Crippen molar-refractivity contribution in [1.29, 1.82) is 0 Å². The lowest BCUT2D eigenvalue weighted by Crippen LogP contribution is -2.29. The summed E-state index contributed by atoms with van der Waals surface area (Å²) in [6.07, 6.45) is 4.08. The van der Waals surface area contributed by atoms with Crippen LogP contribution in [0.4, 0.5) is 0 Å². The monoisotopic (exact) mass is 273 g/mol. The van der Waals surface area contributed by atoms with Gasteiger partial charge in [0.05, 0.1) is 12.1 Å². The summed E-state index contributed by atoms with van der Waals surface area (Å²) in [7, 11) is 0. The summed E-state index contributed by atoms with van der Waals surface area (Å²) in [6, 6.07) is 10.5. The molecule has 1 atom stereocenters. The molecule has 20 heavy (non-hydrogen) atoms. The largest absolute Gasteiger partial charge is 0.459 e. The third-order valence-electron chi connectivity index (χ3n) is 4.40. The molecule has 3 rings (SSSR count). The Balaban J connectivity index is 1.57. The summed E-state index contributed by atoms with van der Waals surface area (Å²) in [5.41, 5.74) is 0.955. The summed E-state index contributed by atoms with van der Waals surface area (Å²) in [4.78, 5) is 0. The van der Waals surface area contributed by atoms with Crippen LogP contribution in [0.15, 0.2) is 34.7 Å². The van der Waals surface area contributed by atoms with Crippen molar-refractivity contribution >= 4 is 11.0 Å². The second kappa shape index (κ2) is 5.98. The number of aliphatic hydroxyl groups is 1. The zero-order valence-electron chi connectivity index (χ0n) is 12.0. The Morgan fingerprint density at radius 2 is 2.00 bits per heavy atom. The minimum atomic E-state index is -0.0703. The van der Waals surface area contributed by atoms with Gasteiger partial charge in [0.15, 0.2) is 0 Å². The number of aliphatic hydroxyl groups excluding tert-OH is 1. The van der Waals surface area contributed by atoms with Crippen molar-refractivity contribution in [2.24, 2.45) is 5.92 Å². The highest BCUT2D eigenvalue weighted by molar-refractivity contribution is 5.77. The van der Waals surface area contributed by atoms with Crippen molar-refractivity contribution in [3.8, 4) is 0 Å². The van der Waals surface area contributed by atoms with Crippen molar-refractivity contribution in [3.05, 3.63) is 36.1 Å². The van der Waals surface area contributed by atoms with Crippen LogP contribution in [0.25, 0.3) is 11.0 Å². The van der Waals surface area contributed by atoms with Gasteiger partial charge in [-0.15, -0.1) is 0 Å². The highest BCUT2D eigenvalue weighted by Gasteiger charge is 2.20. The van der Waals surface area contributed by atoms with Gasteiger partial charge in [0.2, 0.25) is 0 Å². The van der Waals surface area contributed by atoms with Crippen LogP contribution >= 0.6 is 0 Å². The first-order chi connectivity index (χ1) is 9.72. The summed E-state index contributed by atoms with van der Waals surface area (Å²) < 4.78 is 5.88. The molecule has 3 nitrogen and oxygen atoms in total. The van der Waals surface area contributed by atoms with Crippen molar-refractivity contribution in [1.82, 2.24) is 5.32 Å². The van der Waals surface area contributed by atoms with Crippen LogP contribution in [0, 0.1) is 5.92 Å². The van der Waals surface area contributed by atoms with E-state index >= 15 is 0 Å². The smallest absolute Gasteiger partial charge is 0.134 e. The molecule has 0 radical (unpaired) electrons. The van der Waals surface area contributed by atoms with E-state index in [1.165, 1.54) is 0 Å². The number of hydrogen-bond donors (Lipinski definition) is 2. The van der Waals surface area contributed by atoms with E-state index in [1.54, 1.807) is 0 Å². The molecule has 1 aromatic heterocycles. The molecule has 0 aliphatic heterocycles. The number of benzene rings is 1. The van der Waals surface area contributed by atoms with Crippen molar-refractivity contribution in [2.45, 2.75) is 44.8 Å². The Morgan fingerprint density at radius 1 is 1.25 bits per heavy atom. The lowest BCUT2D eigenvalue weighted by Gasteiger charge is -2.26. The second-order valence-electron chi connectivity index (χ2n) is 5.99. The molecular formula is C17H23NO2. The van der Waals surface area contributed by atoms with E-state index in [1.807, 2.05) is 18.2 Å². The highest BCUT2D eigenvalue weighted by atomic mass is 16.3. The first-order valence-corrected chi connectivity index (χ1v) is 7.62. The van der Waals surface area contributed by atoms with E-state index in [4.69, 9.17) is 4.42 Å². The number of fused-ring (bicyclic) bond motifs is 1. The third-order valence-corrected chi connectivity index (χ3v) is 4.40. The third kappa shape index (κ3) is 3.05. The minimum Gasteiger partial charge on any atom is -0.459 e. The molecular weight excluding hydrogens is 250 g/mol. The Hall–Kier alpha value is -1.32. The summed E-state index contributed by atoms with van der Waals surface area (Å²) >= 11 is 0. The van der Waals surface area contributed by atoms with Gasteiger partial charge in [0, 0.05) is 5.39 Å². The Labute approximate surface area is 120 Å². The summed E-state index contributed by atoms with van der Waals surface area (Å²) in [5.74, 6) is 1.69. The van der Waals surface area contributed by atoms with Gasteiger partial charge in [0.1, 0.15) is 11.3 Å². The Kier molecular flexibility index (Phi) is 4.08. The molecule has 1 aliphatic rings. The molecule has 1 heterocycles. The zero-order valence-corrected chi connectivity index (χ0v) is 12.0. The van der Waals surface area contributed by atoms with Gasteiger partial charge < -0.3 is 14.8 Å². The standard InChI is InChI=1S/C17H23NO2/c1-12(18-11-13-6-8-15(19)9-7-13)17-10-14-4-2-3-5-16(14)20-17/h2-5,10,12-13,15,18-19H,6-9,11H2,1H3. The first kappa shape index (κ1) is 13.7. The second-order valence-corrected chi connectivity index (χ2v) is 5.99. The molecule has 0 amide bonds. The molecule has 108 valence electrons. The van der Waals surface area contributed by atoms with Gasteiger partial charge in [-0.3, -0.25) is 0 Å². The van der Waals surface area contributed by atoms with Crippen LogP contribution in [-0.2, 0) is 0 Å². The highest BCUT2D eigenvalue weighted by Crippen LogP contribution is 2.26. The number of para-hydroxylation sites is 1. The van der Waals surface area contributed by atoms with Crippen molar-refractivity contribution < 1.29 is 9.52 Å². The van der Waals surface area contributed by atoms with Gasteiger partial charge in [0.25, 0.3) is 0 Å². The van der Waals surface area contributed by atoms with Crippen LogP contribution in [0.5, 0.6) is 0 Å². The zero-order chi connectivity index (χ0) is 13.9. The predicted molar refractivity (Wildman–Crippen MR) is 80.6 cm³/mol. The fourth-order valence-electron chi connectivity index (χ4n) is 3.01. The fraction of sp³-hybridized carbons (Fsp3) is 0.529. The molecule has 1 aromatic carbocycles. The number of furan rings is 1. The number of hydrogen-bond acceptors (Lipinski definition) is 3. The Bertz CT molecular complexity index is 522. The van der Waals surface area contributed by atoms with E-state index in [-0.39, 0.29) is 12.1 Å². The molecule has 1 fully saturated rings. The van der Waals surface area contributed by atoms with E-state index in [9.17, 15) is 5.11 Å². The molecule has 0 bridgehead atoms. The normalized spacial score (nSPS) is 24.9. The van der Waals surface area contributed by atoms with E-state index in [2.05, 4.69) is 24.4 Å². The van der Waals surface area contributed by atoms with Gasteiger partial charge in [-0.2, -0.15) is 0 Å². The maximum absolute atomic E-state index is 9.53. The minimum absolute atomic E-state index is 0.0703. The fourth-order valence-corrected chi connectivity index (χ4v) is 3.01. The van der Waals surface area contributed by atoms with Gasteiger partial charge in [-0.05, 0) is 57.2 Å². The maximum atomic E-state index is 9.53. The number of nitrogens with one attached hydrogen (secondary N) is 1. The van der Waals surface area contributed by atoms with Crippen LogP contribution < -0.4 is 5.32 Å². The van der Waals surface area contributed by atoms with E-state index < -0.39 is 0 Å². The molecule has 3 heteroatoms. The predicted octanol–water partition coefficient (Wildman–Crippen LogP) is 3.63. The molecule has 0 saturated heterocycles. The van der Waals surface area contributed by atoms with Gasteiger partial charge in [-0.1, -0.05) is 18.2 Å². The topological polar surface area (TPSA) is 45.4 Å². The van der Waals surface area contributed by atoms with Crippen LogP contribution in [0.2, 0.25) is 0 Å². The van der Waals surface area contributed by atoms with Crippen LogP contribution in [0.1, 0.15) is 44.4 Å². The lowest BCUT2D eigenvalue weighted by atomic mass is 9.87. The quantitative estimate of drug-likeness (QED) is 0.894. The SMILES string of the molecule is CC(NCC1CCC(O)CC1)c1cc2ccccc2o1.